The lowest BCUT2D eigenvalue weighted by Gasteiger charge is -2.16. The molecule has 4 nitrogen and oxygen atoms in total. The molecule has 1 aliphatic rings. The number of carbonyl (C=O) groups excluding carboxylic acids is 1. The Hall–Kier alpha value is -0.320. The fourth-order valence-electron chi connectivity index (χ4n) is 1.63. The molecule has 0 aromatic rings. The number of carbonyl (C=O) groups is 1. The lowest BCUT2D eigenvalue weighted by atomic mass is 10.3. The van der Waals surface area contributed by atoms with E-state index in [-0.39, 0.29) is 18.1 Å². The van der Waals surface area contributed by atoms with Gasteiger partial charge in [0.2, 0.25) is 5.91 Å². The Morgan fingerprint density at radius 2 is 1.79 bits per heavy atom. The van der Waals surface area contributed by atoms with E-state index in [9.17, 15) is 4.79 Å². The SMILES string of the molecule is CO[C@H]1CN(C(=O)[C@@H](C)Cl)C[C@H]1OC. The Morgan fingerprint density at radius 3 is 2.07 bits per heavy atom. The Kier molecular flexibility index (Phi) is 4.16. The summed E-state index contributed by atoms with van der Waals surface area (Å²) in [5.41, 5.74) is 0. The highest BCUT2D eigenvalue weighted by atomic mass is 35.5. The molecular formula is C9H16ClNO3. The maximum absolute atomic E-state index is 11.6. The maximum Gasteiger partial charge on any atom is 0.240 e. The van der Waals surface area contributed by atoms with Gasteiger partial charge >= 0.3 is 0 Å². The number of ether oxygens (including phenoxy) is 2. The molecule has 0 spiro atoms. The zero-order valence-corrected chi connectivity index (χ0v) is 9.45. The van der Waals surface area contributed by atoms with Crippen molar-refractivity contribution < 1.29 is 14.3 Å². The molecule has 1 aliphatic heterocycles. The van der Waals surface area contributed by atoms with E-state index in [1.54, 1.807) is 26.0 Å². The molecule has 0 aliphatic carbocycles. The highest BCUT2D eigenvalue weighted by Gasteiger charge is 2.36. The van der Waals surface area contributed by atoms with Crippen molar-refractivity contribution in [3.05, 3.63) is 0 Å². The van der Waals surface area contributed by atoms with E-state index < -0.39 is 5.38 Å². The summed E-state index contributed by atoms with van der Waals surface area (Å²) in [6.07, 6.45) is -0.0845. The van der Waals surface area contributed by atoms with Crippen LogP contribution < -0.4 is 0 Å². The van der Waals surface area contributed by atoms with E-state index >= 15 is 0 Å². The van der Waals surface area contributed by atoms with Crippen molar-refractivity contribution >= 4 is 17.5 Å². The molecule has 0 bridgehead atoms. The Labute approximate surface area is 89.1 Å². The summed E-state index contributed by atoms with van der Waals surface area (Å²) in [6, 6.07) is 0. The van der Waals surface area contributed by atoms with Crippen LogP contribution >= 0.6 is 11.6 Å². The van der Waals surface area contributed by atoms with Crippen molar-refractivity contribution in [1.82, 2.24) is 4.90 Å². The number of rotatable bonds is 3. The molecule has 0 radical (unpaired) electrons. The van der Waals surface area contributed by atoms with Crippen LogP contribution in [-0.2, 0) is 14.3 Å². The lowest BCUT2D eigenvalue weighted by molar-refractivity contribution is -0.130. The van der Waals surface area contributed by atoms with Gasteiger partial charge in [0.25, 0.3) is 0 Å². The van der Waals surface area contributed by atoms with Crippen LogP contribution in [0.5, 0.6) is 0 Å². The summed E-state index contributed by atoms with van der Waals surface area (Å²) < 4.78 is 10.4. The second-order valence-corrected chi connectivity index (χ2v) is 4.06. The predicted octanol–water partition coefficient (Wildman–Crippen LogP) is 0.486. The summed E-state index contributed by atoms with van der Waals surface area (Å²) in [6.45, 7) is 2.79. The van der Waals surface area contributed by atoms with Crippen molar-refractivity contribution in [2.45, 2.75) is 24.5 Å². The summed E-state index contributed by atoms with van der Waals surface area (Å²) in [5, 5.41) is -0.483. The quantitative estimate of drug-likeness (QED) is 0.651. The molecule has 0 unspecified atom stereocenters. The molecular weight excluding hydrogens is 206 g/mol. The Bertz CT molecular complexity index is 198. The summed E-state index contributed by atoms with van der Waals surface area (Å²) in [7, 11) is 3.24. The Balaban J connectivity index is 2.57. The van der Waals surface area contributed by atoms with E-state index in [4.69, 9.17) is 21.1 Å². The highest BCUT2D eigenvalue weighted by molar-refractivity contribution is 6.30. The van der Waals surface area contributed by atoms with Crippen LogP contribution in [-0.4, -0.2) is 55.7 Å². The summed E-state index contributed by atoms with van der Waals surface area (Å²) >= 11 is 5.72. The number of amides is 1. The fraction of sp³-hybridized carbons (Fsp3) is 0.889. The number of likely N-dealkylation sites (tertiary alicyclic amines) is 1. The van der Waals surface area contributed by atoms with Crippen LogP contribution in [0.1, 0.15) is 6.92 Å². The molecule has 1 rings (SSSR count). The lowest BCUT2D eigenvalue weighted by Crippen LogP contribution is -2.34. The van der Waals surface area contributed by atoms with E-state index in [1.807, 2.05) is 0 Å². The topological polar surface area (TPSA) is 38.8 Å². The molecule has 0 N–H and O–H groups in total. The van der Waals surface area contributed by atoms with E-state index in [2.05, 4.69) is 0 Å². The van der Waals surface area contributed by atoms with Crippen molar-refractivity contribution in [2.24, 2.45) is 0 Å². The van der Waals surface area contributed by atoms with Crippen molar-refractivity contribution in [2.75, 3.05) is 27.3 Å². The first-order chi connectivity index (χ1) is 6.60. The van der Waals surface area contributed by atoms with Crippen LogP contribution in [0.15, 0.2) is 0 Å². The number of halogens is 1. The number of hydrogen-bond acceptors (Lipinski definition) is 3. The van der Waals surface area contributed by atoms with Gasteiger partial charge in [-0.2, -0.15) is 0 Å². The second-order valence-electron chi connectivity index (χ2n) is 3.41. The maximum atomic E-state index is 11.6. The molecule has 0 aromatic carbocycles. The smallest absolute Gasteiger partial charge is 0.240 e. The number of hydrogen-bond donors (Lipinski definition) is 0. The zero-order valence-electron chi connectivity index (χ0n) is 8.70. The van der Waals surface area contributed by atoms with Crippen molar-refractivity contribution in [1.29, 1.82) is 0 Å². The van der Waals surface area contributed by atoms with Crippen molar-refractivity contribution in [3.8, 4) is 0 Å². The molecule has 14 heavy (non-hydrogen) atoms. The third-order valence-electron chi connectivity index (χ3n) is 2.47. The van der Waals surface area contributed by atoms with Gasteiger partial charge in [-0.15, -0.1) is 11.6 Å². The van der Waals surface area contributed by atoms with Gasteiger partial charge in [0.15, 0.2) is 0 Å². The average molecular weight is 222 g/mol. The predicted molar refractivity (Wildman–Crippen MR) is 53.5 cm³/mol. The minimum atomic E-state index is -0.483. The van der Waals surface area contributed by atoms with Crippen LogP contribution in [0.2, 0.25) is 0 Å². The molecule has 1 fully saturated rings. The molecule has 3 atom stereocenters. The first-order valence-electron chi connectivity index (χ1n) is 4.58. The molecule has 1 saturated heterocycles. The van der Waals surface area contributed by atoms with Gasteiger partial charge in [-0.1, -0.05) is 0 Å². The zero-order chi connectivity index (χ0) is 10.7. The van der Waals surface area contributed by atoms with Crippen molar-refractivity contribution in [3.63, 3.8) is 0 Å². The summed E-state index contributed by atoms with van der Waals surface area (Å²) in [5.74, 6) is -0.0618. The first kappa shape index (κ1) is 11.8. The highest BCUT2D eigenvalue weighted by Crippen LogP contribution is 2.17. The monoisotopic (exact) mass is 221 g/mol. The number of nitrogens with zero attached hydrogens (tertiary/aromatic N) is 1. The van der Waals surface area contributed by atoms with Gasteiger partial charge in [0.1, 0.15) is 17.6 Å². The van der Waals surface area contributed by atoms with Crippen LogP contribution in [0, 0.1) is 0 Å². The fourth-order valence-corrected chi connectivity index (χ4v) is 1.77. The normalized spacial score (nSPS) is 29.3. The molecule has 1 heterocycles. The average Bonchev–Trinajstić information content (AvgIpc) is 2.59. The third kappa shape index (κ3) is 2.38. The van der Waals surface area contributed by atoms with E-state index in [0.29, 0.717) is 13.1 Å². The van der Waals surface area contributed by atoms with Gasteiger partial charge in [-0.05, 0) is 6.92 Å². The Morgan fingerprint density at radius 1 is 1.36 bits per heavy atom. The standard InChI is InChI=1S/C9H16ClNO3/c1-6(10)9(12)11-4-7(13-2)8(5-11)14-3/h6-8H,4-5H2,1-3H3/t6-,7-,8+/m1/s1. The van der Waals surface area contributed by atoms with E-state index in [0.717, 1.165) is 0 Å². The van der Waals surface area contributed by atoms with Gasteiger partial charge in [0.05, 0.1) is 0 Å². The number of alkyl halides is 1. The minimum Gasteiger partial charge on any atom is -0.377 e. The molecule has 5 heteroatoms. The van der Waals surface area contributed by atoms with Crippen LogP contribution in [0.4, 0.5) is 0 Å². The van der Waals surface area contributed by atoms with Gasteiger partial charge in [-0.3, -0.25) is 4.79 Å². The van der Waals surface area contributed by atoms with Gasteiger partial charge < -0.3 is 14.4 Å². The third-order valence-corrected chi connectivity index (χ3v) is 2.66. The van der Waals surface area contributed by atoms with Gasteiger partial charge in [-0.25, -0.2) is 0 Å². The first-order valence-corrected chi connectivity index (χ1v) is 5.02. The van der Waals surface area contributed by atoms with Crippen LogP contribution in [0.3, 0.4) is 0 Å². The van der Waals surface area contributed by atoms with E-state index in [1.165, 1.54) is 0 Å². The number of methoxy groups -OCH3 is 2. The largest absolute Gasteiger partial charge is 0.377 e. The molecule has 1 amide bonds. The van der Waals surface area contributed by atoms with Crippen LogP contribution in [0.25, 0.3) is 0 Å². The minimum absolute atomic E-state index is 0.0423. The van der Waals surface area contributed by atoms with Gasteiger partial charge in [0, 0.05) is 27.3 Å². The summed E-state index contributed by atoms with van der Waals surface area (Å²) in [4.78, 5) is 13.2. The second kappa shape index (κ2) is 4.96. The molecule has 0 aromatic heterocycles. The molecule has 82 valence electrons. The molecule has 0 saturated carbocycles.